The molecule has 8 nitrogen and oxygen atoms in total. The number of hydrogen-bond donors (Lipinski definition) is 1. The lowest BCUT2D eigenvalue weighted by molar-refractivity contribution is -0.157. The van der Waals surface area contributed by atoms with Crippen LogP contribution in [-0.4, -0.2) is 87.1 Å². The first-order valence-corrected chi connectivity index (χ1v) is 14.2. The molecule has 0 radical (unpaired) electrons. The van der Waals surface area contributed by atoms with Gasteiger partial charge in [-0.3, -0.25) is 14.4 Å². The number of hydrogen-bond acceptors (Lipinski definition) is 5. The van der Waals surface area contributed by atoms with Crippen molar-refractivity contribution in [3.63, 3.8) is 0 Å². The summed E-state index contributed by atoms with van der Waals surface area (Å²) in [6.07, 6.45) is 5.84. The van der Waals surface area contributed by atoms with Crippen LogP contribution in [0.15, 0.2) is 55.6 Å². The monoisotopic (exact) mass is 537 g/mol. The van der Waals surface area contributed by atoms with E-state index in [9.17, 15) is 19.5 Å². The maximum absolute atomic E-state index is 14.5. The van der Waals surface area contributed by atoms with Crippen molar-refractivity contribution in [2.45, 2.75) is 76.3 Å². The van der Waals surface area contributed by atoms with Crippen LogP contribution in [0.4, 0.5) is 0 Å². The predicted octanol–water partition coefficient (Wildman–Crippen LogP) is 3.16. The molecule has 8 heteroatoms. The summed E-state index contributed by atoms with van der Waals surface area (Å²) >= 11 is 0. The Labute approximate surface area is 232 Å². The number of amides is 3. The van der Waals surface area contributed by atoms with Crippen LogP contribution in [0.1, 0.15) is 52.0 Å². The van der Waals surface area contributed by atoms with Crippen molar-refractivity contribution in [1.82, 2.24) is 14.7 Å². The van der Waals surface area contributed by atoms with Gasteiger partial charge in [-0.2, -0.15) is 0 Å². The third-order valence-electron chi connectivity index (χ3n) is 8.89. The number of carbonyl (C=O) groups excluding carboxylic acids is 3. The van der Waals surface area contributed by atoms with Crippen molar-refractivity contribution in [3.8, 4) is 0 Å². The van der Waals surface area contributed by atoms with Crippen molar-refractivity contribution in [3.05, 3.63) is 61.2 Å². The lowest BCUT2D eigenvalue weighted by Crippen LogP contribution is -2.58. The van der Waals surface area contributed by atoms with E-state index in [1.165, 1.54) is 4.90 Å². The van der Waals surface area contributed by atoms with Gasteiger partial charge in [-0.15, -0.1) is 13.2 Å². The van der Waals surface area contributed by atoms with Gasteiger partial charge in [0.05, 0.1) is 30.1 Å². The number of fused-ring (bicyclic) bond motifs is 1. The van der Waals surface area contributed by atoms with Gasteiger partial charge >= 0.3 is 0 Å². The summed E-state index contributed by atoms with van der Waals surface area (Å²) in [6, 6.07) is 8.14. The van der Waals surface area contributed by atoms with E-state index in [1.54, 1.807) is 28.9 Å². The molecule has 4 rings (SSSR count). The van der Waals surface area contributed by atoms with E-state index in [0.717, 1.165) is 12.0 Å². The Balaban J connectivity index is 1.79. The maximum Gasteiger partial charge on any atom is 0.249 e. The smallest absolute Gasteiger partial charge is 0.249 e. The van der Waals surface area contributed by atoms with E-state index in [-0.39, 0.29) is 24.3 Å². The lowest BCUT2D eigenvalue weighted by Gasteiger charge is -2.38. The highest BCUT2D eigenvalue weighted by molar-refractivity contribution is 5.99. The number of rotatable bonds is 13. The predicted molar refractivity (Wildman–Crippen MR) is 149 cm³/mol. The van der Waals surface area contributed by atoms with Crippen LogP contribution in [0.5, 0.6) is 0 Å². The molecule has 1 aromatic carbocycles. The lowest BCUT2D eigenvalue weighted by atomic mass is 9.64. The minimum Gasteiger partial charge on any atom is -0.394 e. The first kappa shape index (κ1) is 29.0. The van der Waals surface area contributed by atoms with Crippen LogP contribution in [-0.2, 0) is 25.7 Å². The molecular weight excluding hydrogens is 494 g/mol. The molecule has 2 bridgehead atoms. The Bertz CT molecular complexity index is 1090. The summed E-state index contributed by atoms with van der Waals surface area (Å²) in [6.45, 7) is 14.7. The molecule has 6 atom stereocenters. The largest absolute Gasteiger partial charge is 0.394 e. The van der Waals surface area contributed by atoms with Crippen molar-refractivity contribution in [1.29, 1.82) is 0 Å². The van der Waals surface area contributed by atoms with E-state index in [1.807, 2.05) is 44.2 Å². The van der Waals surface area contributed by atoms with Crippen LogP contribution in [0.25, 0.3) is 0 Å². The Morgan fingerprint density at radius 3 is 2.38 bits per heavy atom. The molecule has 39 heavy (non-hydrogen) atoms. The fraction of sp³-hybridized carbons (Fsp3) is 0.581. The van der Waals surface area contributed by atoms with E-state index in [0.29, 0.717) is 45.4 Å². The average molecular weight is 538 g/mol. The van der Waals surface area contributed by atoms with Crippen molar-refractivity contribution in [2.24, 2.45) is 11.8 Å². The molecule has 3 aliphatic heterocycles. The molecule has 212 valence electrons. The molecule has 1 spiro atoms. The second kappa shape index (κ2) is 11.6. The summed E-state index contributed by atoms with van der Waals surface area (Å²) in [5.41, 5.74) is -0.974. The van der Waals surface area contributed by atoms with Crippen LogP contribution in [0.2, 0.25) is 0 Å². The molecule has 3 heterocycles. The first-order valence-electron chi connectivity index (χ1n) is 14.2. The van der Waals surface area contributed by atoms with Crippen LogP contribution in [0, 0.1) is 11.8 Å². The molecular formula is C31H43N3O5. The molecule has 3 fully saturated rings. The number of aliphatic hydroxyl groups excluding tert-OH is 1. The third-order valence-corrected chi connectivity index (χ3v) is 8.89. The van der Waals surface area contributed by atoms with Gasteiger partial charge in [-0.05, 0) is 38.2 Å². The van der Waals surface area contributed by atoms with Gasteiger partial charge in [0.2, 0.25) is 17.7 Å². The van der Waals surface area contributed by atoms with Gasteiger partial charge in [0.15, 0.2) is 0 Å². The zero-order valence-electron chi connectivity index (χ0n) is 23.6. The molecule has 1 N–H and O–H groups in total. The number of nitrogens with zero attached hydrogens (tertiary/aromatic N) is 3. The maximum atomic E-state index is 14.5. The van der Waals surface area contributed by atoms with Gasteiger partial charge < -0.3 is 24.5 Å². The SMILES string of the molecule is C=CCN(Cc1ccccc1)C(=O)C1N([C@H](C)CO)C(=O)[C@@H]2[C@@H](C(=O)N(CC=C)CCC)[C@@]3(CC)CCC12O3. The number of carbonyl (C=O) groups is 3. The number of benzene rings is 1. The molecule has 0 aromatic heterocycles. The highest BCUT2D eigenvalue weighted by atomic mass is 16.5. The Hall–Kier alpha value is -2.97. The highest BCUT2D eigenvalue weighted by Crippen LogP contribution is 2.65. The van der Waals surface area contributed by atoms with E-state index in [4.69, 9.17) is 4.74 Å². The molecule has 2 unspecified atom stereocenters. The summed E-state index contributed by atoms with van der Waals surface area (Å²) in [7, 11) is 0. The standard InChI is InChI=1S/C31H43N3O5/c1-6-17-32(18-7-2)27(36)24-25-28(37)34(22(5)21-35)26(31(25)16-15-30(24,9-4)39-31)29(38)33(19-8-3)20-23-13-11-10-12-14-23/h6,8,10-14,22,24-26,35H,1,3,7,9,15-21H2,2,4-5H3/t22-,24+,25+,26?,30-,31?/m1/s1. The van der Waals surface area contributed by atoms with Crippen molar-refractivity contribution in [2.75, 3.05) is 26.2 Å². The van der Waals surface area contributed by atoms with Crippen LogP contribution >= 0.6 is 0 Å². The molecule has 0 saturated carbocycles. The minimum absolute atomic E-state index is 0.115. The van der Waals surface area contributed by atoms with E-state index >= 15 is 0 Å². The normalized spacial score (nSPS) is 29.7. The topological polar surface area (TPSA) is 90.4 Å². The van der Waals surface area contributed by atoms with Gasteiger partial charge in [-0.1, -0.05) is 56.3 Å². The second-order valence-electron chi connectivity index (χ2n) is 11.2. The second-order valence-corrected chi connectivity index (χ2v) is 11.2. The van der Waals surface area contributed by atoms with E-state index < -0.39 is 35.1 Å². The first-order chi connectivity index (χ1) is 18.7. The van der Waals surface area contributed by atoms with Gasteiger partial charge in [0, 0.05) is 26.2 Å². The fourth-order valence-electron chi connectivity index (χ4n) is 7.15. The number of likely N-dealkylation sites (tertiary alicyclic amines) is 1. The third kappa shape index (κ3) is 4.72. The molecule has 3 amide bonds. The minimum atomic E-state index is -1.13. The molecule has 1 aromatic rings. The number of ether oxygens (including phenoxy) is 1. The van der Waals surface area contributed by atoms with Gasteiger partial charge in [0.25, 0.3) is 0 Å². The zero-order chi connectivity index (χ0) is 28.4. The van der Waals surface area contributed by atoms with Crippen molar-refractivity contribution >= 4 is 17.7 Å². The van der Waals surface area contributed by atoms with Gasteiger partial charge in [-0.25, -0.2) is 0 Å². The van der Waals surface area contributed by atoms with E-state index in [2.05, 4.69) is 13.2 Å². The zero-order valence-corrected chi connectivity index (χ0v) is 23.6. The quantitative estimate of drug-likeness (QED) is 0.391. The van der Waals surface area contributed by atoms with Crippen LogP contribution in [0.3, 0.4) is 0 Å². The molecule has 0 aliphatic carbocycles. The molecule has 3 aliphatic rings. The Kier molecular flexibility index (Phi) is 8.66. The summed E-state index contributed by atoms with van der Waals surface area (Å²) < 4.78 is 6.88. The summed E-state index contributed by atoms with van der Waals surface area (Å²) in [5, 5.41) is 10.2. The Morgan fingerprint density at radius 2 is 1.79 bits per heavy atom. The summed E-state index contributed by atoms with van der Waals surface area (Å²) in [5.74, 6) is -2.12. The fourth-order valence-corrected chi connectivity index (χ4v) is 7.15. The average Bonchev–Trinajstić information content (AvgIpc) is 3.55. The van der Waals surface area contributed by atoms with Crippen LogP contribution < -0.4 is 0 Å². The molecule has 3 saturated heterocycles. The summed E-state index contributed by atoms with van der Waals surface area (Å²) in [4.78, 5) is 47.9. The Morgan fingerprint density at radius 1 is 1.13 bits per heavy atom. The van der Waals surface area contributed by atoms with Crippen molar-refractivity contribution < 1.29 is 24.2 Å². The van der Waals surface area contributed by atoms with Gasteiger partial charge in [0.1, 0.15) is 11.6 Å². The number of aliphatic hydroxyl groups is 1. The highest BCUT2D eigenvalue weighted by Gasteiger charge is 2.79.